The van der Waals surface area contributed by atoms with Crippen molar-refractivity contribution in [3.8, 4) is 5.75 Å². The monoisotopic (exact) mass is 397 g/mol. The van der Waals surface area contributed by atoms with Crippen molar-refractivity contribution in [2.24, 2.45) is 0 Å². The zero-order chi connectivity index (χ0) is 19.1. The molecule has 1 aliphatic heterocycles. The Morgan fingerprint density at radius 2 is 1.96 bits per heavy atom. The summed E-state index contributed by atoms with van der Waals surface area (Å²) in [6.07, 6.45) is -0.716. The molecule has 0 aliphatic carbocycles. The summed E-state index contributed by atoms with van der Waals surface area (Å²) >= 11 is 5.82. The number of fused-ring (bicyclic) bond motifs is 1. The fourth-order valence-electron chi connectivity index (χ4n) is 2.73. The number of amides is 1. The van der Waals surface area contributed by atoms with Crippen LogP contribution in [0.5, 0.6) is 5.75 Å². The van der Waals surface area contributed by atoms with Gasteiger partial charge in [-0.1, -0.05) is 24.6 Å². The SMILES string of the molecule is CCS(=O)(=O)c1ccc2c(c1)N(Cc1ccc(F)c(Cl)c1)C(=O)C(C)O2. The number of carbonyl (C=O) groups excluding carboxylic acids is 1. The van der Waals surface area contributed by atoms with Crippen LogP contribution in [0.3, 0.4) is 0 Å². The predicted octanol–water partition coefficient (Wildman–Crippen LogP) is 3.59. The van der Waals surface area contributed by atoms with Crippen molar-refractivity contribution in [1.82, 2.24) is 0 Å². The Bertz CT molecular complexity index is 977. The maximum Gasteiger partial charge on any atom is 0.268 e. The van der Waals surface area contributed by atoms with E-state index < -0.39 is 21.8 Å². The number of carbonyl (C=O) groups is 1. The second-order valence-corrected chi connectivity index (χ2v) is 8.65. The molecule has 0 saturated heterocycles. The molecular formula is C18H17ClFNO4S. The van der Waals surface area contributed by atoms with Gasteiger partial charge in [-0.15, -0.1) is 0 Å². The lowest BCUT2D eigenvalue weighted by Gasteiger charge is -2.33. The molecule has 5 nitrogen and oxygen atoms in total. The second kappa shape index (κ2) is 6.89. The number of anilines is 1. The Hall–Kier alpha value is -2.12. The highest BCUT2D eigenvalue weighted by molar-refractivity contribution is 7.91. The highest BCUT2D eigenvalue weighted by atomic mass is 35.5. The van der Waals surface area contributed by atoms with Crippen LogP contribution in [-0.2, 0) is 21.2 Å². The van der Waals surface area contributed by atoms with Gasteiger partial charge in [0.25, 0.3) is 5.91 Å². The maximum absolute atomic E-state index is 13.4. The summed E-state index contributed by atoms with van der Waals surface area (Å²) in [5, 5.41) is -0.0428. The average molecular weight is 398 g/mol. The molecule has 26 heavy (non-hydrogen) atoms. The minimum absolute atomic E-state index is 0.0428. The topological polar surface area (TPSA) is 63.7 Å². The number of hydrogen-bond acceptors (Lipinski definition) is 4. The number of hydrogen-bond donors (Lipinski definition) is 0. The molecule has 1 heterocycles. The lowest BCUT2D eigenvalue weighted by Crippen LogP contribution is -2.44. The number of rotatable bonds is 4. The molecule has 1 atom stereocenters. The van der Waals surface area contributed by atoms with Crippen LogP contribution in [0.4, 0.5) is 10.1 Å². The minimum Gasteiger partial charge on any atom is -0.479 e. The summed E-state index contributed by atoms with van der Waals surface area (Å²) in [7, 11) is -3.44. The van der Waals surface area contributed by atoms with Crippen molar-refractivity contribution in [2.75, 3.05) is 10.7 Å². The number of halogens is 2. The van der Waals surface area contributed by atoms with Gasteiger partial charge in [0.15, 0.2) is 15.9 Å². The van der Waals surface area contributed by atoms with Crippen LogP contribution in [0, 0.1) is 5.82 Å². The lowest BCUT2D eigenvalue weighted by molar-refractivity contribution is -0.125. The Morgan fingerprint density at radius 1 is 1.23 bits per heavy atom. The number of benzene rings is 2. The van der Waals surface area contributed by atoms with E-state index in [2.05, 4.69) is 0 Å². The molecule has 0 spiro atoms. The van der Waals surface area contributed by atoms with Gasteiger partial charge in [0, 0.05) is 0 Å². The first-order chi connectivity index (χ1) is 12.2. The van der Waals surface area contributed by atoms with E-state index in [1.165, 1.54) is 35.2 Å². The van der Waals surface area contributed by atoms with E-state index in [0.717, 1.165) is 0 Å². The van der Waals surface area contributed by atoms with Gasteiger partial charge < -0.3 is 9.64 Å². The minimum atomic E-state index is -3.44. The Balaban J connectivity index is 2.06. The van der Waals surface area contributed by atoms with Crippen molar-refractivity contribution in [3.63, 3.8) is 0 Å². The molecule has 0 aromatic heterocycles. The molecule has 0 N–H and O–H groups in total. The van der Waals surface area contributed by atoms with Gasteiger partial charge >= 0.3 is 0 Å². The molecule has 1 unspecified atom stereocenters. The Labute approximate surface area is 156 Å². The molecule has 0 saturated carbocycles. The van der Waals surface area contributed by atoms with Gasteiger partial charge in [-0.2, -0.15) is 0 Å². The summed E-state index contributed by atoms with van der Waals surface area (Å²) in [6, 6.07) is 8.64. The van der Waals surface area contributed by atoms with Crippen LogP contribution in [0.25, 0.3) is 0 Å². The quantitative estimate of drug-likeness (QED) is 0.790. The summed E-state index contributed by atoms with van der Waals surface area (Å²) in [5.74, 6) is -0.497. The molecule has 0 fully saturated rings. The zero-order valence-corrected chi connectivity index (χ0v) is 15.8. The average Bonchev–Trinajstić information content (AvgIpc) is 2.61. The van der Waals surface area contributed by atoms with Gasteiger partial charge in [0.05, 0.1) is 27.9 Å². The molecule has 1 aliphatic rings. The first-order valence-corrected chi connectivity index (χ1v) is 10.0. The standard InChI is InChI=1S/C18H17ClFNO4S/c1-3-26(23,24)13-5-7-17-16(9-13)21(18(22)11(2)25-17)10-12-4-6-15(20)14(19)8-12/h4-9,11H,3,10H2,1-2H3. The molecular weight excluding hydrogens is 381 g/mol. The maximum atomic E-state index is 13.4. The van der Waals surface area contributed by atoms with Crippen molar-refractivity contribution in [3.05, 3.63) is 52.8 Å². The molecule has 1 amide bonds. The second-order valence-electron chi connectivity index (χ2n) is 5.97. The molecule has 2 aromatic carbocycles. The van der Waals surface area contributed by atoms with Gasteiger partial charge in [0.2, 0.25) is 0 Å². The van der Waals surface area contributed by atoms with Crippen LogP contribution in [0.2, 0.25) is 5.02 Å². The van der Waals surface area contributed by atoms with Crippen molar-refractivity contribution in [1.29, 1.82) is 0 Å². The van der Waals surface area contributed by atoms with E-state index in [0.29, 0.717) is 17.0 Å². The number of nitrogens with zero attached hydrogens (tertiary/aromatic N) is 1. The van der Waals surface area contributed by atoms with Gasteiger partial charge in [-0.25, -0.2) is 12.8 Å². The van der Waals surface area contributed by atoms with E-state index >= 15 is 0 Å². The fraction of sp³-hybridized carbons (Fsp3) is 0.278. The van der Waals surface area contributed by atoms with Gasteiger partial charge in [-0.05, 0) is 42.8 Å². The van der Waals surface area contributed by atoms with Crippen LogP contribution >= 0.6 is 11.6 Å². The summed E-state index contributed by atoms with van der Waals surface area (Å²) in [6.45, 7) is 3.29. The first-order valence-electron chi connectivity index (χ1n) is 8.01. The molecule has 8 heteroatoms. The predicted molar refractivity (Wildman–Crippen MR) is 96.9 cm³/mol. The smallest absolute Gasteiger partial charge is 0.268 e. The summed E-state index contributed by atoms with van der Waals surface area (Å²) < 4.78 is 43.3. The van der Waals surface area contributed by atoms with Crippen LogP contribution in [0.1, 0.15) is 19.4 Å². The van der Waals surface area contributed by atoms with Crippen LogP contribution < -0.4 is 9.64 Å². The van der Waals surface area contributed by atoms with E-state index in [1.54, 1.807) is 19.9 Å². The molecule has 3 rings (SSSR count). The third-order valence-corrected chi connectivity index (χ3v) is 6.22. The summed E-state index contributed by atoms with van der Waals surface area (Å²) in [5.41, 5.74) is 0.983. The van der Waals surface area contributed by atoms with Gasteiger partial charge in [0.1, 0.15) is 11.6 Å². The van der Waals surface area contributed by atoms with E-state index in [9.17, 15) is 17.6 Å². The normalized spacial score (nSPS) is 17.0. The largest absolute Gasteiger partial charge is 0.479 e. The summed E-state index contributed by atoms with van der Waals surface area (Å²) in [4.78, 5) is 14.2. The first kappa shape index (κ1) is 18.7. The third-order valence-electron chi connectivity index (χ3n) is 4.20. The van der Waals surface area contributed by atoms with Crippen LogP contribution in [0.15, 0.2) is 41.3 Å². The highest BCUT2D eigenvalue weighted by Crippen LogP contribution is 2.37. The molecule has 0 bridgehead atoms. The molecule has 2 aromatic rings. The number of ether oxygens (including phenoxy) is 1. The van der Waals surface area contributed by atoms with Crippen molar-refractivity contribution >= 4 is 33.0 Å². The molecule has 138 valence electrons. The Kier molecular flexibility index (Phi) is 4.94. The van der Waals surface area contributed by atoms with Crippen LogP contribution in [-0.4, -0.2) is 26.2 Å². The van der Waals surface area contributed by atoms with Gasteiger partial charge in [-0.3, -0.25) is 4.79 Å². The van der Waals surface area contributed by atoms with E-state index in [1.807, 2.05) is 0 Å². The van der Waals surface area contributed by atoms with E-state index in [4.69, 9.17) is 16.3 Å². The molecule has 0 radical (unpaired) electrons. The lowest BCUT2D eigenvalue weighted by atomic mass is 10.1. The van der Waals surface area contributed by atoms with E-state index in [-0.39, 0.29) is 28.1 Å². The zero-order valence-electron chi connectivity index (χ0n) is 14.2. The van der Waals surface area contributed by atoms with Crippen molar-refractivity contribution in [2.45, 2.75) is 31.4 Å². The highest BCUT2D eigenvalue weighted by Gasteiger charge is 2.32. The third kappa shape index (κ3) is 3.41. The Morgan fingerprint density at radius 3 is 2.62 bits per heavy atom. The number of sulfone groups is 1. The fourth-order valence-corrected chi connectivity index (χ4v) is 3.83. The van der Waals surface area contributed by atoms with Crippen molar-refractivity contribution < 1.29 is 22.3 Å².